The smallest absolute Gasteiger partial charge is 0.360 e. The summed E-state index contributed by atoms with van der Waals surface area (Å²) >= 11 is 0. The molecule has 0 saturated heterocycles. The van der Waals surface area contributed by atoms with Crippen molar-refractivity contribution >= 4 is 5.97 Å². The number of benzene rings is 1. The Balaban J connectivity index is 2.75. The summed E-state index contributed by atoms with van der Waals surface area (Å²) in [7, 11) is 0. The Labute approximate surface area is 122 Å². The molecule has 0 unspecified atom stereocenters. The Morgan fingerprint density at radius 3 is 2.43 bits per heavy atom. The molecule has 1 heterocycles. The van der Waals surface area contributed by atoms with Gasteiger partial charge in [-0.25, -0.2) is 9.48 Å². The molecule has 0 radical (unpaired) electrons. The second-order valence-electron chi connectivity index (χ2n) is 6.01. The Morgan fingerprint density at radius 1 is 1.24 bits per heavy atom. The number of rotatable bonds is 2. The van der Waals surface area contributed by atoms with Crippen LogP contribution in [0.5, 0.6) is 0 Å². The minimum atomic E-state index is -1.31. The maximum Gasteiger partial charge on any atom is 0.360 e. The van der Waals surface area contributed by atoms with E-state index in [0.29, 0.717) is 5.56 Å². The lowest BCUT2D eigenvalue weighted by Crippen LogP contribution is -2.24. The van der Waals surface area contributed by atoms with E-state index >= 15 is 0 Å². The van der Waals surface area contributed by atoms with E-state index in [1.165, 1.54) is 4.68 Å². The Morgan fingerprint density at radius 2 is 1.86 bits per heavy atom. The molecule has 5 nitrogen and oxygen atoms in total. The van der Waals surface area contributed by atoms with Crippen molar-refractivity contribution in [3.63, 3.8) is 0 Å². The fourth-order valence-electron chi connectivity index (χ4n) is 2.18. The van der Waals surface area contributed by atoms with Crippen LogP contribution in [0, 0.1) is 6.92 Å². The van der Waals surface area contributed by atoms with Crippen LogP contribution >= 0.6 is 0 Å². The largest absolute Gasteiger partial charge is 0.476 e. The lowest BCUT2D eigenvalue weighted by molar-refractivity contribution is 0.0686. The molecule has 0 saturated carbocycles. The van der Waals surface area contributed by atoms with Crippen molar-refractivity contribution in [2.45, 2.75) is 33.1 Å². The Kier molecular flexibility index (Phi) is 3.68. The number of carbonyl (C=O) groups is 1. The molecule has 0 spiro atoms. The highest BCUT2D eigenvalue weighted by Gasteiger charge is 2.20. The predicted molar refractivity (Wildman–Crippen MR) is 80.2 cm³/mol. The molecule has 1 aromatic carbocycles. The molecule has 0 amide bonds. The summed E-state index contributed by atoms with van der Waals surface area (Å²) in [5.41, 5.74) is 1.02. The maximum atomic E-state index is 11.8. The minimum absolute atomic E-state index is 0.126. The molecule has 0 fully saturated rings. The van der Waals surface area contributed by atoms with Gasteiger partial charge >= 0.3 is 5.97 Å². The fourth-order valence-corrected chi connectivity index (χ4v) is 2.18. The zero-order chi connectivity index (χ0) is 15.8. The number of carboxylic acid groups (broad SMARTS) is 1. The van der Waals surface area contributed by atoms with Crippen LogP contribution in [0.25, 0.3) is 5.69 Å². The third-order valence-electron chi connectivity index (χ3n) is 3.26. The topological polar surface area (TPSA) is 72.2 Å². The molecule has 21 heavy (non-hydrogen) atoms. The Hall–Kier alpha value is -2.43. The molecule has 0 aliphatic rings. The highest BCUT2D eigenvalue weighted by molar-refractivity contribution is 5.85. The van der Waals surface area contributed by atoms with E-state index in [9.17, 15) is 9.59 Å². The standard InChI is InChI=1S/C16H18N2O3/c1-10-9-18(17-13(14(10)19)15(20)21)12-8-6-5-7-11(12)16(2,3)4/h5-9H,1-4H3,(H,20,21). The number of hydrogen-bond acceptors (Lipinski definition) is 3. The predicted octanol–water partition coefficient (Wildman–Crippen LogP) is 2.54. The number of para-hydroxylation sites is 1. The van der Waals surface area contributed by atoms with E-state index in [1.54, 1.807) is 13.1 Å². The molecule has 1 aromatic heterocycles. The summed E-state index contributed by atoms with van der Waals surface area (Å²) in [6, 6.07) is 7.63. The molecule has 2 aromatic rings. The van der Waals surface area contributed by atoms with E-state index in [4.69, 9.17) is 5.11 Å². The van der Waals surface area contributed by atoms with Crippen molar-refractivity contribution in [3.05, 3.63) is 57.5 Å². The number of aromatic nitrogens is 2. The van der Waals surface area contributed by atoms with E-state index in [1.807, 2.05) is 24.3 Å². The number of aryl methyl sites for hydroxylation is 1. The van der Waals surface area contributed by atoms with Crippen molar-refractivity contribution in [3.8, 4) is 5.69 Å². The lowest BCUT2D eigenvalue weighted by Gasteiger charge is -2.23. The van der Waals surface area contributed by atoms with Crippen molar-refractivity contribution in [1.29, 1.82) is 0 Å². The summed E-state index contributed by atoms with van der Waals surface area (Å²) < 4.78 is 1.47. The van der Waals surface area contributed by atoms with Gasteiger partial charge in [0.15, 0.2) is 0 Å². The lowest BCUT2D eigenvalue weighted by atomic mass is 9.86. The average molecular weight is 286 g/mol. The third-order valence-corrected chi connectivity index (χ3v) is 3.26. The SMILES string of the molecule is Cc1cn(-c2ccccc2C(C)(C)C)nc(C(=O)O)c1=O. The third kappa shape index (κ3) is 2.86. The van der Waals surface area contributed by atoms with E-state index in [0.717, 1.165) is 11.3 Å². The van der Waals surface area contributed by atoms with Crippen molar-refractivity contribution in [1.82, 2.24) is 9.78 Å². The second kappa shape index (κ2) is 5.16. The average Bonchev–Trinajstić information content (AvgIpc) is 2.40. The van der Waals surface area contributed by atoms with Gasteiger partial charge in [0, 0.05) is 11.8 Å². The van der Waals surface area contributed by atoms with Gasteiger partial charge in [0.05, 0.1) is 5.69 Å². The van der Waals surface area contributed by atoms with Crippen LogP contribution in [0.3, 0.4) is 0 Å². The van der Waals surface area contributed by atoms with Gasteiger partial charge < -0.3 is 5.11 Å². The molecule has 110 valence electrons. The number of carboxylic acids is 1. The van der Waals surface area contributed by atoms with Crippen LogP contribution in [0.1, 0.15) is 42.4 Å². The monoisotopic (exact) mass is 286 g/mol. The first-order valence-corrected chi connectivity index (χ1v) is 6.65. The number of nitrogens with zero attached hydrogens (tertiary/aromatic N) is 2. The van der Waals surface area contributed by atoms with Crippen LogP contribution in [0.4, 0.5) is 0 Å². The zero-order valence-corrected chi connectivity index (χ0v) is 12.5. The summed E-state index contributed by atoms with van der Waals surface area (Å²) in [6.45, 7) is 7.80. The van der Waals surface area contributed by atoms with Crippen LogP contribution in [0.2, 0.25) is 0 Å². The zero-order valence-electron chi connectivity index (χ0n) is 12.5. The highest BCUT2D eigenvalue weighted by atomic mass is 16.4. The molecule has 0 bridgehead atoms. The van der Waals surface area contributed by atoms with Gasteiger partial charge in [0.1, 0.15) is 0 Å². The van der Waals surface area contributed by atoms with Crippen molar-refractivity contribution in [2.24, 2.45) is 0 Å². The molecular weight excluding hydrogens is 268 g/mol. The van der Waals surface area contributed by atoms with Crippen molar-refractivity contribution in [2.75, 3.05) is 0 Å². The van der Waals surface area contributed by atoms with E-state index in [-0.39, 0.29) is 5.41 Å². The molecule has 0 atom stereocenters. The summed E-state index contributed by atoms with van der Waals surface area (Å²) in [5, 5.41) is 13.1. The van der Waals surface area contributed by atoms with Gasteiger partial charge in [-0.3, -0.25) is 4.79 Å². The number of aromatic carboxylic acids is 1. The normalized spacial score (nSPS) is 11.4. The van der Waals surface area contributed by atoms with Crippen LogP contribution in [0.15, 0.2) is 35.3 Å². The molecule has 5 heteroatoms. The van der Waals surface area contributed by atoms with Crippen LogP contribution < -0.4 is 5.43 Å². The van der Waals surface area contributed by atoms with Crippen LogP contribution in [-0.2, 0) is 5.41 Å². The van der Waals surface area contributed by atoms with Gasteiger partial charge in [0.2, 0.25) is 11.1 Å². The fraction of sp³-hybridized carbons (Fsp3) is 0.312. The molecule has 1 N–H and O–H groups in total. The summed E-state index contributed by atoms with van der Waals surface area (Å²) in [6.07, 6.45) is 1.57. The highest BCUT2D eigenvalue weighted by Crippen LogP contribution is 2.27. The first-order valence-electron chi connectivity index (χ1n) is 6.65. The molecular formula is C16H18N2O3. The molecule has 0 aliphatic heterocycles. The first kappa shape index (κ1) is 15.0. The summed E-state index contributed by atoms with van der Waals surface area (Å²) in [4.78, 5) is 23.0. The molecule has 2 rings (SSSR count). The van der Waals surface area contributed by atoms with Crippen LogP contribution in [-0.4, -0.2) is 20.9 Å². The summed E-state index contributed by atoms with van der Waals surface area (Å²) in [5.74, 6) is -1.31. The maximum absolute atomic E-state index is 11.8. The van der Waals surface area contributed by atoms with Gasteiger partial charge in [-0.1, -0.05) is 39.0 Å². The van der Waals surface area contributed by atoms with Gasteiger partial charge in [-0.15, -0.1) is 0 Å². The Bertz CT molecular complexity index is 755. The van der Waals surface area contributed by atoms with E-state index in [2.05, 4.69) is 25.9 Å². The first-order chi connectivity index (χ1) is 9.71. The quantitative estimate of drug-likeness (QED) is 0.920. The molecule has 0 aliphatic carbocycles. The number of hydrogen-bond donors (Lipinski definition) is 1. The van der Waals surface area contributed by atoms with Gasteiger partial charge in [-0.2, -0.15) is 5.10 Å². The second-order valence-corrected chi connectivity index (χ2v) is 6.01. The van der Waals surface area contributed by atoms with Gasteiger partial charge in [-0.05, 0) is 24.0 Å². The van der Waals surface area contributed by atoms with Crippen molar-refractivity contribution < 1.29 is 9.90 Å². The minimum Gasteiger partial charge on any atom is -0.476 e. The van der Waals surface area contributed by atoms with Gasteiger partial charge in [0.25, 0.3) is 0 Å². The van der Waals surface area contributed by atoms with E-state index < -0.39 is 17.1 Å².